The van der Waals surface area contributed by atoms with Crippen LogP contribution in [0, 0.1) is 0 Å². The molecule has 0 amide bonds. The lowest BCUT2D eigenvalue weighted by Crippen LogP contribution is -2.65. The zero-order chi connectivity index (χ0) is 26.1. The molecule has 0 N–H and O–H groups in total. The van der Waals surface area contributed by atoms with Gasteiger partial charge in [-0.05, 0) is 43.7 Å². The third-order valence-corrected chi connectivity index (χ3v) is 7.82. The monoisotopic (exact) mass is 519 g/mol. The Kier molecular flexibility index (Phi) is 7.37. The summed E-state index contributed by atoms with van der Waals surface area (Å²) in [5, 5.41) is 0. The van der Waals surface area contributed by atoms with Gasteiger partial charge < -0.3 is 23.7 Å². The maximum absolute atomic E-state index is 13.8. The molecule has 0 radical (unpaired) electrons. The van der Waals surface area contributed by atoms with E-state index in [1.807, 2.05) is 6.07 Å². The number of nitrogens with zero attached hydrogens (tertiary/aromatic N) is 1. The molecule has 4 rings (SSSR count). The van der Waals surface area contributed by atoms with Crippen LogP contribution in [-0.2, 0) is 45.2 Å². The average molecular weight is 520 g/mol. The van der Waals surface area contributed by atoms with Crippen molar-refractivity contribution < 1.29 is 41.7 Å². The van der Waals surface area contributed by atoms with Crippen LogP contribution in [0.15, 0.2) is 59.5 Å². The van der Waals surface area contributed by atoms with Gasteiger partial charge in [0.15, 0.2) is 11.8 Å². The summed E-state index contributed by atoms with van der Waals surface area (Å²) in [6.45, 7) is 4.13. The van der Waals surface area contributed by atoms with Crippen LogP contribution in [0.3, 0.4) is 0 Å². The first-order valence-electron chi connectivity index (χ1n) is 11.4. The first-order chi connectivity index (χ1) is 17.0. The lowest BCUT2D eigenvalue weighted by molar-refractivity contribution is -0.169. The largest absolute Gasteiger partial charge is 0.497 e. The Labute approximate surface area is 210 Å². The van der Waals surface area contributed by atoms with Crippen molar-refractivity contribution in [3.63, 3.8) is 0 Å². The van der Waals surface area contributed by atoms with Gasteiger partial charge in [-0.3, -0.25) is 9.59 Å². The van der Waals surface area contributed by atoms with Crippen LogP contribution < -0.4 is 4.74 Å². The number of sulfonamides is 1. The topological polar surface area (TPSA) is 118 Å². The number of methoxy groups -OCH3 is 1. The zero-order valence-electron chi connectivity index (χ0n) is 20.4. The number of ether oxygens (including phenoxy) is 5. The average Bonchev–Trinajstić information content (AvgIpc) is 3.17. The van der Waals surface area contributed by atoms with Crippen LogP contribution in [0.2, 0.25) is 0 Å². The molecule has 194 valence electrons. The molecule has 0 saturated carbocycles. The summed E-state index contributed by atoms with van der Waals surface area (Å²) in [7, 11) is -2.79. The fourth-order valence-electron chi connectivity index (χ4n) is 4.42. The fourth-order valence-corrected chi connectivity index (χ4v) is 6.02. The number of hydrogen-bond acceptors (Lipinski definition) is 9. The molecule has 2 saturated heterocycles. The number of hydrogen-bond donors (Lipinski definition) is 0. The van der Waals surface area contributed by atoms with Gasteiger partial charge in [0.05, 0.1) is 18.6 Å². The number of benzene rings is 2. The standard InChI is InChI=1S/C25H29NO9S/c1-16(27)33-20-14-26(36(29,30)19-12-10-18(31-4)11-13-19)21(23-22(20)34-25(2,3)35-23)24(28)32-15-17-8-6-5-7-9-17/h5-13,20-23H,14-15H2,1-4H3/t20?,21-,22-,23+/m1/s1. The highest BCUT2D eigenvalue weighted by Crippen LogP contribution is 2.40. The molecule has 2 heterocycles. The second-order valence-electron chi connectivity index (χ2n) is 9.00. The molecule has 0 bridgehead atoms. The Hall–Kier alpha value is -2.99. The summed E-state index contributed by atoms with van der Waals surface area (Å²) >= 11 is 0. The first kappa shape index (κ1) is 26.1. The molecule has 10 nitrogen and oxygen atoms in total. The van der Waals surface area contributed by atoms with Crippen molar-refractivity contribution in [2.75, 3.05) is 13.7 Å². The summed E-state index contributed by atoms with van der Waals surface area (Å²) in [6, 6.07) is 13.4. The fraction of sp³-hybridized carbons (Fsp3) is 0.440. The van der Waals surface area contributed by atoms with E-state index in [1.54, 1.807) is 38.1 Å². The molecule has 0 spiro atoms. The smallest absolute Gasteiger partial charge is 0.327 e. The van der Waals surface area contributed by atoms with E-state index in [1.165, 1.54) is 38.3 Å². The molecular weight excluding hydrogens is 490 g/mol. The number of esters is 2. The van der Waals surface area contributed by atoms with Crippen molar-refractivity contribution in [2.45, 2.75) is 62.4 Å². The van der Waals surface area contributed by atoms with E-state index in [-0.39, 0.29) is 18.0 Å². The molecule has 36 heavy (non-hydrogen) atoms. The molecule has 2 aromatic rings. The summed E-state index contributed by atoms with van der Waals surface area (Å²) in [5.41, 5.74) is 0.740. The highest BCUT2D eigenvalue weighted by Gasteiger charge is 2.60. The molecule has 1 unspecified atom stereocenters. The van der Waals surface area contributed by atoms with E-state index in [9.17, 15) is 18.0 Å². The van der Waals surface area contributed by atoms with Crippen LogP contribution in [0.1, 0.15) is 26.3 Å². The van der Waals surface area contributed by atoms with Gasteiger partial charge in [-0.2, -0.15) is 4.31 Å². The Morgan fingerprint density at radius 2 is 1.67 bits per heavy atom. The van der Waals surface area contributed by atoms with Gasteiger partial charge in [0.2, 0.25) is 10.0 Å². The molecule has 4 atom stereocenters. The predicted octanol–water partition coefficient (Wildman–Crippen LogP) is 2.26. The molecule has 2 fully saturated rings. The number of carbonyl (C=O) groups excluding carboxylic acids is 2. The minimum Gasteiger partial charge on any atom is -0.497 e. The predicted molar refractivity (Wildman–Crippen MR) is 126 cm³/mol. The summed E-state index contributed by atoms with van der Waals surface area (Å²) in [5.74, 6) is -2.09. The van der Waals surface area contributed by atoms with E-state index in [0.29, 0.717) is 5.75 Å². The number of piperidine rings is 1. The number of fused-ring (bicyclic) bond motifs is 1. The number of carbonyl (C=O) groups is 2. The van der Waals surface area contributed by atoms with Gasteiger partial charge in [-0.15, -0.1) is 0 Å². The van der Waals surface area contributed by atoms with Crippen LogP contribution in [0.25, 0.3) is 0 Å². The lowest BCUT2D eigenvalue weighted by Gasteiger charge is -2.42. The van der Waals surface area contributed by atoms with Crippen molar-refractivity contribution in [2.24, 2.45) is 0 Å². The molecule has 11 heteroatoms. The third-order valence-electron chi connectivity index (χ3n) is 5.96. The Balaban J connectivity index is 1.72. The van der Waals surface area contributed by atoms with Gasteiger partial charge in [0.1, 0.15) is 30.7 Å². The first-order valence-corrected chi connectivity index (χ1v) is 12.8. The van der Waals surface area contributed by atoms with Crippen molar-refractivity contribution in [3.8, 4) is 5.75 Å². The van der Waals surface area contributed by atoms with Gasteiger partial charge in [0, 0.05) is 6.92 Å². The van der Waals surface area contributed by atoms with Crippen molar-refractivity contribution >= 4 is 22.0 Å². The van der Waals surface area contributed by atoms with E-state index < -0.39 is 52.1 Å². The Morgan fingerprint density at radius 3 is 2.28 bits per heavy atom. The summed E-state index contributed by atoms with van der Waals surface area (Å²) < 4.78 is 56.6. The Bertz CT molecular complexity index is 1200. The minimum absolute atomic E-state index is 0.0540. The van der Waals surface area contributed by atoms with Crippen molar-refractivity contribution in [1.29, 1.82) is 0 Å². The van der Waals surface area contributed by atoms with Crippen LogP contribution in [0.4, 0.5) is 0 Å². The van der Waals surface area contributed by atoms with E-state index in [4.69, 9.17) is 23.7 Å². The molecule has 2 aliphatic heterocycles. The second kappa shape index (κ2) is 10.2. The third kappa shape index (κ3) is 5.39. The van der Waals surface area contributed by atoms with Gasteiger partial charge in [-0.1, -0.05) is 30.3 Å². The molecular formula is C25H29NO9S. The highest BCUT2D eigenvalue weighted by molar-refractivity contribution is 7.89. The maximum Gasteiger partial charge on any atom is 0.327 e. The molecule has 0 aliphatic carbocycles. The van der Waals surface area contributed by atoms with Crippen LogP contribution in [-0.4, -0.2) is 68.5 Å². The molecule has 2 aliphatic rings. The lowest BCUT2D eigenvalue weighted by atomic mass is 9.96. The van der Waals surface area contributed by atoms with Gasteiger partial charge in [-0.25, -0.2) is 8.42 Å². The highest BCUT2D eigenvalue weighted by atomic mass is 32.2. The van der Waals surface area contributed by atoms with Crippen LogP contribution in [0.5, 0.6) is 5.75 Å². The minimum atomic E-state index is -4.26. The maximum atomic E-state index is 13.8. The van der Waals surface area contributed by atoms with Crippen LogP contribution >= 0.6 is 0 Å². The van der Waals surface area contributed by atoms with E-state index in [2.05, 4.69) is 0 Å². The Morgan fingerprint density at radius 1 is 1.03 bits per heavy atom. The SMILES string of the molecule is COc1ccc(S(=O)(=O)N2CC(OC(C)=O)[C@H]3OC(C)(C)O[C@H]3[C@@H]2C(=O)OCc2ccccc2)cc1. The summed E-state index contributed by atoms with van der Waals surface area (Å²) in [4.78, 5) is 25.2. The quantitative estimate of drug-likeness (QED) is 0.508. The normalized spacial score (nSPS) is 25.6. The van der Waals surface area contributed by atoms with Gasteiger partial charge >= 0.3 is 11.9 Å². The zero-order valence-corrected chi connectivity index (χ0v) is 21.3. The summed E-state index contributed by atoms with van der Waals surface area (Å²) in [6.07, 6.45) is -2.95. The van der Waals surface area contributed by atoms with E-state index >= 15 is 0 Å². The molecule has 2 aromatic carbocycles. The number of rotatable bonds is 7. The second-order valence-corrected chi connectivity index (χ2v) is 10.9. The van der Waals surface area contributed by atoms with E-state index in [0.717, 1.165) is 9.87 Å². The van der Waals surface area contributed by atoms with Crippen molar-refractivity contribution in [3.05, 3.63) is 60.2 Å². The molecule has 0 aromatic heterocycles. The van der Waals surface area contributed by atoms with Crippen molar-refractivity contribution in [1.82, 2.24) is 4.31 Å². The van der Waals surface area contributed by atoms with Gasteiger partial charge in [0.25, 0.3) is 0 Å².